The number of thiazole rings is 1. The van der Waals surface area contributed by atoms with Crippen LogP contribution >= 0.6 is 23.1 Å². The molecule has 1 N–H and O–H groups in total. The molecule has 39 heavy (non-hydrogen) atoms. The van der Waals surface area contributed by atoms with Crippen LogP contribution in [0.2, 0.25) is 0 Å². The third-order valence-corrected chi connectivity index (χ3v) is 8.42. The second-order valence-electron chi connectivity index (χ2n) is 9.03. The highest BCUT2D eigenvalue weighted by Gasteiger charge is 2.26. The van der Waals surface area contributed by atoms with Gasteiger partial charge < -0.3 is 19.3 Å². The summed E-state index contributed by atoms with van der Waals surface area (Å²) in [4.78, 5) is 46.5. The van der Waals surface area contributed by atoms with E-state index in [4.69, 9.17) is 9.47 Å². The molecular weight excluding hydrogens is 536 g/mol. The van der Waals surface area contributed by atoms with Gasteiger partial charge in [-0.2, -0.15) is 0 Å². The van der Waals surface area contributed by atoms with Gasteiger partial charge in [0.25, 0.3) is 11.8 Å². The highest BCUT2D eigenvalue weighted by atomic mass is 32.2. The smallest absolute Gasteiger partial charge is 0.257 e. The molecule has 0 unspecified atom stereocenters. The summed E-state index contributed by atoms with van der Waals surface area (Å²) in [6.07, 6.45) is 2.62. The summed E-state index contributed by atoms with van der Waals surface area (Å²) >= 11 is 2.84. The third-order valence-electron chi connectivity index (χ3n) is 6.24. The van der Waals surface area contributed by atoms with E-state index in [1.165, 1.54) is 23.1 Å². The average Bonchev–Trinajstić information content (AvgIpc) is 3.39. The molecule has 11 heteroatoms. The molecule has 0 bridgehead atoms. The number of aromatic nitrogens is 1. The zero-order valence-corrected chi connectivity index (χ0v) is 24.1. The molecule has 9 nitrogen and oxygen atoms in total. The average molecular weight is 569 g/mol. The number of amides is 3. The van der Waals surface area contributed by atoms with Gasteiger partial charge in [-0.05, 0) is 55.3 Å². The number of piperazine rings is 1. The van der Waals surface area contributed by atoms with Crippen molar-refractivity contribution in [2.45, 2.75) is 36.3 Å². The Bertz CT molecular complexity index is 1330. The second kappa shape index (κ2) is 13.0. The Morgan fingerprint density at radius 1 is 1.08 bits per heavy atom. The molecule has 3 amide bonds. The number of aryl methyl sites for hydroxylation is 1. The molecule has 2 aromatic carbocycles. The van der Waals surface area contributed by atoms with Crippen LogP contribution in [0.3, 0.4) is 0 Å². The number of ether oxygens (including phenoxy) is 2. The van der Waals surface area contributed by atoms with Crippen molar-refractivity contribution >= 4 is 46.0 Å². The van der Waals surface area contributed by atoms with Crippen LogP contribution in [0.5, 0.6) is 11.5 Å². The molecule has 2 heterocycles. The van der Waals surface area contributed by atoms with Crippen molar-refractivity contribution < 1.29 is 23.9 Å². The summed E-state index contributed by atoms with van der Waals surface area (Å²) in [5.74, 6) is 0.886. The van der Waals surface area contributed by atoms with Crippen LogP contribution in [0.4, 0.5) is 5.13 Å². The van der Waals surface area contributed by atoms with Crippen molar-refractivity contribution in [2.24, 2.45) is 0 Å². The van der Waals surface area contributed by atoms with Crippen molar-refractivity contribution in [3.63, 3.8) is 0 Å². The van der Waals surface area contributed by atoms with Crippen LogP contribution in [0.15, 0.2) is 51.7 Å². The fraction of sp³-hybridized carbons (Fsp3) is 0.357. The number of anilines is 1. The van der Waals surface area contributed by atoms with Gasteiger partial charge in [-0.15, -0.1) is 0 Å². The Hall–Kier alpha value is -3.57. The Balaban J connectivity index is 1.44. The number of carbonyl (C=O) groups excluding carboxylic acids is 3. The predicted octanol–water partition coefficient (Wildman–Crippen LogP) is 4.96. The van der Waals surface area contributed by atoms with Crippen molar-refractivity contribution in [3.8, 4) is 11.5 Å². The number of nitrogens with one attached hydrogen (secondary N) is 1. The molecule has 0 saturated carbocycles. The van der Waals surface area contributed by atoms with Gasteiger partial charge in [0.05, 0.1) is 29.7 Å². The van der Waals surface area contributed by atoms with E-state index in [0.717, 1.165) is 26.8 Å². The Morgan fingerprint density at radius 3 is 2.41 bits per heavy atom. The van der Waals surface area contributed by atoms with Crippen molar-refractivity contribution in [2.75, 3.05) is 45.2 Å². The molecule has 0 spiro atoms. The normalized spacial score (nSPS) is 13.2. The molecule has 4 rings (SSSR count). The number of carbonyl (C=O) groups is 3. The van der Waals surface area contributed by atoms with E-state index in [-0.39, 0.29) is 17.7 Å². The first-order chi connectivity index (χ1) is 18.8. The van der Waals surface area contributed by atoms with Gasteiger partial charge in [-0.25, -0.2) is 4.98 Å². The molecule has 1 aliphatic rings. The first-order valence-electron chi connectivity index (χ1n) is 12.7. The van der Waals surface area contributed by atoms with E-state index in [1.807, 2.05) is 26.0 Å². The Labute approximate surface area is 236 Å². The number of rotatable bonds is 9. The van der Waals surface area contributed by atoms with Crippen LogP contribution in [-0.2, 0) is 4.79 Å². The van der Waals surface area contributed by atoms with Crippen molar-refractivity contribution in [1.82, 2.24) is 14.8 Å². The van der Waals surface area contributed by atoms with Crippen LogP contribution < -0.4 is 14.8 Å². The van der Waals surface area contributed by atoms with Crippen molar-refractivity contribution in [1.29, 1.82) is 0 Å². The highest BCUT2D eigenvalue weighted by molar-refractivity contribution is 8.01. The van der Waals surface area contributed by atoms with Gasteiger partial charge in [0.1, 0.15) is 11.5 Å². The summed E-state index contributed by atoms with van der Waals surface area (Å²) in [6.45, 7) is 8.16. The van der Waals surface area contributed by atoms with Gasteiger partial charge in [-0.3, -0.25) is 19.7 Å². The molecule has 1 aromatic heterocycles. The SMILES string of the molecule is CCCOc1ccc(C(=O)Nc2ncc(Sc3cc(C(=O)N4CCN(C(C)=O)CC4)c(OC)cc3C)s2)cc1. The van der Waals surface area contributed by atoms with E-state index < -0.39 is 0 Å². The molecular formula is C28H32N4O5S2. The second-order valence-corrected chi connectivity index (χ2v) is 11.4. The maximum Gasteiger partial charge on any atom is 0.257 e. The highest BCUT2D eigenvalue weighted by Crippen LogP contribution is 2.38. The van der Waals surface area contributed by atoms with Crippen LogP contribution in [0.25, 0.3) is 0 Å². The van der Waals surface area contributed by atoms with Gasteiger partial charge >= 0.3 is 0 Å². The van der Waals surface area contributed by atoms with E-state index in [9.17, 15) is 14.4 Å². The van der Waals surface area contributed by atoms with Gasteiger partial charge in [0.2, 0.25) is 5.91 Å². The molecule has 1 saturated heterocycles. The molecule has 0 atom stereocenters. The van der Waals surface area contributed by atoms with Crippen LogP contribution in [0.1, 0.15) is 46.5 Å². The number of nitrogens with zero attached hydrogens (tertiary/aromatic N) is 3. The Kier molecular flexibility index (Phi) is 9.47. The summed E-state index contributed by atoms with van der Waals surface area (Å²) in [6, 6.07) is 10.7. The van der Waals surface area contributed by atoms with Gasteiger partial charge in [-0.1, -0.05) is 30.0 Å². The van der Waals surface area contributed by atoms with Gasteiger partial charge in [0.15, 0.2) is 5.13 Å². The van der Waals surface area contributed by atoms with E-state index in [1.54, 1.807) is 54.3 Å². The largest absolute Gasteiger partial charge is 0.496 e. The minimum Gasteiger partial charge on any atom is -0.496 e. The lowest BCUT2D eigenvalue weighted by Gasteiger charge is -2.34. The summed E-state index contributed by atoms with van der Waals surface area (Å²) in [5.41, 5.74) is 1.95. The molecule has 1 fully saturated rings. The van der Waals surface area contributed by atoms with Crippen LogP contribution in [-0.4, -0.2) is 72.4 Å². The predicted molar refractivity (Wildman–Crippen MR) is 152 cm³/mol. The van der Waals surface area contributed by atoms with Gasteiger partial charge in [0, 0.05) is 43.6 Å². The molecule has 0 radical (unpaired) electrons. The maximum atomic E-state index is 13.4. The van der Waals surface area contributed by atoms with E-state index in [0.29, 0.717) is 54.8 Å². The molecule has 3 aromatic rings. The fourth-order valence-corrected chi connectivity index (χ4v) is 6.00. The lowest BCUT2D eigenvalue weighted by Crippen LogP contribution is -2.50. The third kappa shape index (κ3) is 7.10. The molecule has 206 valence electrons. The monoisotopic (exact) mass is 568 g/mol. The lowest BCUT2D eigenvalue weighted by atomic mass is 10.1. The summed E-state index contributed by atoms with van der Waals surface area (Å²) < 4.78 is 12.0. The lowest BCUT2D eigenvalue weighted by molar-refractivity contribution is -0.130. The minimum absolute atomic E-state index is 0.0173. The molecule has 0 aliphatic carbocycles. The fourth-order valence-electron chi connectivity index (χ4n) is 4.07. The number of hydrogen-bond acceptors (Lipinski definition) is 8. The number of methoxy groups -OCH3 is 1. The standard InChI is InChI=1S/C28H32N4O5S2/c1-5-14-37-21-8-6-20(7-9-21)26(34)30-28-29-17-25(39-28)38-24-16-22(23(36-4)15-18(24)2)27(35)32-12-10-31(11-13-32)19(3)33/h6-9,15-17H,5,10-14H2,1-4H3,(H,29,30,34). The Morgan fingerprint density at radius 2 is 1.77 bits per heavy atom. The molecule has 1 aliphatic heterocycles. The van der Waals surface area contributed by atoms with Crippen LogP contribution in [0, 0.1) is 6.92 Å². The summed E-state index contributed by atoms with van der Waals surface area (Å²) in [5, 5.41) is 3.34. The maximum absolute atomic E-state index is 13.4. The zero-order chi connectivity index (χ0) is 27.9. The summed E-state index contributed by atoms with van der Waals surface area (Å²) in [7, 11) is 1.55. The zero-order valence-electron chi connectivity index (χ0n) is 22.5. The quantitative estimate of drug-likeness (QED) is 0.390. The first kappa shape index (κ1) is 28.4. The number of benzene rings is 2. The van der Waals surface area contributed by atoms with Crippen molar-refractivity contribution in [3.05, 3.63) is 59.3 Å². The van der Waals surface area contributed by atoms with E-state index >= 15 is 0 Å². The van der Waals surface area contributed by atoms with E-state index in [2.05, 4.69) is 10.3 Å². The number of hydrogen-bond donors (Lipinski definition) is 1. The minimum atomic E-state index is -0.249. The topological polar surface area (TPSA) is 101 Å². The first-order valence-corrected chi connectivity index (χ1v) is 14.3.